The molecule has 1 saturated carbocycles. The number of rotatable bonds is 4. The van der Waals surface area contributed by atoms with Gasteiger partial charge in [0.25, 0.3) is 0 Å². The molecule has 2 N–H and O–H groups in total. The highest BCUT2D eigenvalue weighted by Crippen LogP contribution is 2.23. The van der Waals surface area contributed by atoms with Gasteiger partial charge in [-0.05, 0) is 39.2 Å². The minimum atomic E-state index is 0.391. The van der Waals surface area contributed by atoms with Crippen molar-refractivity contribution in [3.05, 3.63) is 0 Å². The van der Waals surface area contributed by atoms with E-state index in [1.807, 2.05) is 0 Å². The van der Waals surface area contributed by atoms with Crippen molar-refractivity contribution < 1.29 is 0 Å². The third kappa shape index (κ3) is 4.06. The van der Waals surface area contributed by atoms with Crippen molar-refractivity contribution in [2.75, 3.05) is 7.05 Å². The molecule has 96 valence electrons. The van der Waals surface area contributed by atoms with Gasteiger partial charge in [0.1, 0.15) is 0 Å². The number of hydrogen-bond donors (Lipinski definition) is 1. The highest BCUT2D eigenvalue weighted by atomic mass is 15.2. The molecule has 0 aromatic heterocycles. The SMILES string of the molecule is CC(C)CC(C)N(C)C1CCCCCC1N. The van der Waals surface area contributed by atoms with E-state index in [1.165, 1.54) is 38.5 Å². The summed E-state index contributed by atoms with van der Waals surface area (Å²) in [7, 11) is 2.27. The molecule has 0 aromatic carbocycles. The minimum Gasteiger partial charge on any atom is -0.326 e. The summed E-state index contributed by atoms with van der Waals surface area (Å²) in [6.45, 7) is 6.95. The molecule has 1 fully saturated rings. The highest BCUT2D eigenvalue weighted by Gasteiger charge is 2.26. The van der Waals surface area contributed by atoms with E-state index in [0.29, 0.717) is 18.1 Å². The molecule has 1 rings (SSSR count). The van der Waals surface area contributed by atoms with Crippen LogP contribution in [0.5, 0.6) is 0 Å². The van der Waals surface area contributed by atoms with E-state index in [0.717, 1.165) is 5.92 Å². The van der Waals surface area contributed by atoms with Crippen molar-refractivity contribution in [3.63, 3.8) is 0 Å². The van der Waals surface area contributed by atoms with Crippen LogP contribution in [-0.4, -0.2) is 30.1 Å². The average molecular weight is 226 g/mol. The summed E-state index contributed by atoms with van der Waals surface area (Å²) in [5, 5.41) is 0. The smallest absolute Gasteiger partial charge is 0.0246 e. The van der Waals surface area contributed by atoms with Crippen LogP contribution in [0.1, 0.15) is 59.3 Å². The largest absolute Gasteiger partial charge is 0.326 e. The molecule has 2 heteroatoms. The number of hydrogen-bond acceptors (Lipinski definition) is 2. The van der Waals surface area contributed by atoms with Crippen molar-refractivity contribution in [2.24, 2.45) is 11.7 Å². The van der Waals surface area contributed by atoms with Gasteiger partial charge in [-0.1, -0.05) is 33.1 Å². The monoisotopic (exact) mass is 226 g/mol. The Morgan fingerprint density at radius 2 is 1.75 bits per heavy atom. The van der Waals surface area contributed by atoms with E-state index < -0.39 is 0 Å². The minimum absolute atomic E-state index is 0.391. The van der Waals surface area contributed by atoms with Crippen LogP contribution in [0.2, 0.25) is 0 Å². The van der Waals surface area contributed by atoms with Gasteiger partial charge in [0.2, 0.25) is 0 Å². The molecular weight excluding hydrogens is 196 g/mol. The van der Waals surface area contributed by atoms with Crippen LogP contribution in [0.3, 0.4) is 0 Å². The van der Waals surface area contributed by atoms with Gasteiger partial charge in [0.15, 0.2) is 0 Å². The lowest BCUT2D eigenvalue weighted by molar-refractivity contribution is 0.137. The van der Waals surface area contributed by atoms with Gasteiger partial charge >= 0.3 is 0 Å². The van der Waals surface area contributed by atoms with Crippen LogP contribution < -0.4 is 5.73 Å². The molecule has 0 saturated heterocycles. The third-order valence-corrected chi connectivity index (χ3v) is 4.06. The van der Waals surface area contributed by atoms with E-state index in [1.54, 1.807) is 0 Å². The number of nitrogens with zero attached hydrogens (tertiary/aromatic N) is 1. The summed E-state index contributed by atoms with van der Waals surface area (Å²) < 4.78 is 0. The Bertz CT molecular complexity index is 191. The van der Waals surface area contributed by atoms with Crippen LogP contribution in [0.15, 0.2) is 0 Å². The second-order valence-electron chi connectivity index (χ2n) is 6.01. The fourth-order valence-corrected chi connectivity index (χ4v) is 3.00. The maximum Gasteiger partial charge on any atom is 0.0246 e. The molecule has 1 aliphatic carbocycles. The summed E-state index contributed by atoms with van der Waals surface area (Å²) in [5.74, 6) is 0.777. The van der Waals surface area contributed by atoms with Gasteiger partial charge < -0.3 is 5.73 Å². The Morgan fingerprint density at radius 1 is 1.12 bits per heavy atom. The fraction of sp³-hybridized carbons (Fsp3) is 1.00. The van der Waals surface area contributed by atoms with Gasteiger partial charge in [-0.25, -0.2) is 0 Å². The van der Waals surface area contributed by atoms with Gasteiger partial charge in [0, 0.05) is 18.1 Å². The third-order valence-electron chi connectivity index (χ3n) is 4.06. The molecule has 0 amide bonds. The molecule has 0 spiro atoms. The highest BCUT2D eigenvalue weighted by molar-refractivity contribution is 4.85. The van der Waals surface area contributed by atoms with E-state index in [2.05, 4.69) is 32.7 Å². The summed E-state index contributed by atoms with van der Waals surface area (Å²) in [6, 6.07) is 1.66. The Kier molecular flexibility index (Phi) is 5.77. The average Bonchev–Trinajstić information content (AvgIpc) is 2.40. The molecule has 3 atom stereocenters. The van der Waals surface area contributed by atoms with Crippen molar-refractivity contribution >= 4 is 0 Å². The van der Waals surface area contributed by atoms with Crippen molar-refractivity contribution in [2.45, 2.75) is 77.4 Å². The first-order valence-electron chi connectivity index (χ1n) is 7.00. The second kappa shape index (κ2) is 6.61. The Hall–Kier alpha value is -0.0800. The number of likely N-dealkylation sites (N-methyl/N-ethyl adjacent to an activating group) is 1. The lowest BCUT2D eigenvalue weighted by atomic mass is 9.98. The predicted octanol–water partition coefficient (Wildman–Crippen LogP) is 3.01. The lowest BCUT2D eigenvalue weighted by Gasteiger charge is -2.36. The molecule has 3 unspecified atom stereocenters. The van der Waals surface area contributed by atoms with Crippen molar-refractivity contribution in [3.8, 4) is 0 Å². The molecule has 16 heavy (non-hydrogen) atoms. The van der Waals surface area contributed by atoms with Gasteiger partial charge in [-0.15, -0.1) is 0 Å². The molecule has 0 aromatic rings. The standard InChI is InChI=1S/C14H30N2/c1-11(2)10-12(3)16(4)14-9-7-5-6-8-13(14)15/h11-14H,5-10,15H2,1-4H3. The van der Waals surface area contributed by atoms with Crippen molar-refractivity contribution in [1.82, 2.24) is 4.90 Å². The maximum atomic E-state index is 6.31. The van der Waals surface area contributed by atoms with Gasteiger partial charge in [-0.3, -0.25) is 4.90 Å². The predicted molar refractivity (Wildman–Crippen MR) is 71.5 cm³/mol. The zero-order valence-corrected chi connectivity index (χ0v) is 11.6. The van der Waals surface area contributed by atoms with Crippen molar-refractivity contribution in [1.29, 1.82) is 0 Å². The second-order valence-corrected chi connectivity index (χ2v) is 6.01. The van der Waals surface area contributed by atoms with Crippen LogP contribution in [0.25, 0.3) is 0 Å². The first-order chi connectivity index (χ1) is 7.52. The van der Waals surface area contributed by atoms with Crippen LogP contribution in [0, 0.1) is 5.92 Å². The van der Waals surface area contributed by atoms with Gasteiger partial charge in [0.05, 0.1) is 0 Å². The Balaban J connectivity index is 2.52. The zero-order valence-electron chi connectivity index (χ0n) is 11.6. The number of nitrogens with two attached hydrogens (primary N) is 1. The fourth-order valence-electron chi connectivity index (χ4n) is 3.00. The summed E-state index contributed by atoms with van der Waals surface area (Å²) in [4.78, 5) is 2.54. The van der Waals surface area contributed by atoms with E-state index in [4.69, 9.17) is 5.73 Å². The Labute approximate surface area is 102 Å². The maximum absolute atomic E-state index is 6.31. The van der Waals surface area contributed by atoms with Crippen LogP contribution in [0.4, 0.5) is 0 Å². The topological polar surface area (TPSA) is 29.3 Å². The molecule has 0 aliphatic heterocycles. The van der Waals surface area contributed by atoms with E-state index in [-0.39, 0.29) is 0 Å². The molecule has 2 nitrogen and oxygen atoms in total. The van der Waals surface area contributed by atoms with E-state index >= 15 is 0 Å². The zero-order chi connectivity index (χ0) is 12.1. The molecule has 0 bridgehead atoms. The summed E-state index contributed by atoms with van der Waals surface area (Å²) >= 11 is 0. The first-order valence-corrected chi connectivity index (χ1v) is 7.00. The normalized spacial score (nSPS) is 29.4. The Morgan fingerprint density at radius 3 is 2.38 bits per heavy atom. The van der Waals surface area contributed by atoms with Crippen LogP contribution >= 0.6 is 0 Å². The van der Waals surface area contributed by atoms with Crippen LogP contribution in [-0.2, 0) is 0 Å². The summed E-state index contributed by atoms with van der Waals surface area (Å²) in [5.41, 5.74) is 6.31. The summed E-state index contributed by atoms with van der Waals surface area (Å²) in [6.07, 6.45) is 7.83. The quantitative estimate of drug-likeness (QED) is 0.747. The first kappa shape index (κ1) is 14.0. The van der Waals surface area contributed by atoms with E-state index in [9.17, 15) is 0 Å². The lowest BCUT2D eigenvalue weighted by Crippen LogP contribution is -2.49. The molecule has 0 heterocycles. The molecule has 1 aliphatic rings. The van der Waals surface area contributed by atoms with Gasteiger partial charge in [-0.2, -0.15) is 0 Å². The molecule has 0 radical (unpaired) electrons. The molecular formula is C14H30N2.